The lowest BCUT2D eigenvalue weighted by Crippen LogP contribution is -1.65. The second-order valence-corrected chi connectivity index (χ2v) is 1.27. The van der Waals surface area contributed by atoms with Crippen LogP contribution in [-0.4, -0.2) is 33.4 Å². The predicted octanol–water partition coefficient (Wildman–Crippen LogP) is -0.362. The smallest absolute Gasteiger partial charge is 0.161 e. The van der Waals surface area contributed by atoms with Gasteiger partial charge < -0.3 is 0 Å². The number of hydrogen-bond acceptors (Lipinski definition) is 6. The van der Waals surface area contributed by atoms with Gasteiger partial charge in [-0.25, -0.2) is 0 Å². The normalized spacial score (nSPS) is 12.8. The topological polar surface area (TPSA) is 91.5 Å². The van der Waals surface area contributed by atoms with Crippen molar-refractivity contribution in [2.45, 2.75) is 0 Å². The zero-order chi connectivity index (χ0) is 7.07. The molecule has 0 saturated heterocycles. The Morgan fingerprint density at radius 1 is 1.40 bits per heavy atom. The summed E-state index contributed by atoms with van der Waals surface area (Å²) in [5.41, 5.74) is 0. The van der Waals surface area contributed by atoms with Crippen LogP contribution in [0.2, 0.25) is 0 Å². The van der Waals surface area contributed by atoms with Crippen LogP contribution >= 0.6 is 0 Å². The lowest BCUT2D eigenvalue weighted by molar-refractivity contribution is 0.881. The highest BCUT2D eigenvalue weighted by atomic mass is 15.5. The average molecular weight is 139 g/mol. The van der Waals surface area contributed by atoms with Crippen molar-refractivity contribution >= 4 is 6.21 Å². The summed E-state index contributed by atoms with van der Waals surface area (Å²) >= 11 is 0. The molecule has 0 unspecified atom stereocenters. The molecule has 2 rings (SSSR count). The third kappa shape index (κ3) is 2.60. The van der Waals surface area contributed by atoms with Gasteiger partial charge in [-0.15, -0.1) is 15.3 Å². The number of hydrogen-bond donors (Lipinski definition) is 1. The van der Waals surface area contributed by atoms with Crippen LogP contribution in [0.4, 0.5) is 0 Å². The van der Waals surface area contributed by atoms with Gasteiger partial charge in [0.2, 0.25) is 0 Å². The van der Waals surface area contributed by atoms with Gasteiger partial charge in [0.05, 0.1) is 12.8 Å². The molecule has 0 aliphatic carbocycles. The molecule has 0 fully saturated rings. The molecule has 0 spiro atoms. The van der Waals surface area contributed by atoms with Crippen LogP contribution in [0.25, 0.3) is 0 Å². The van der Waals surface area contributed by atoms with E-state index in [0.717, 1.165) is 0 Å². The van der Waals surface area contributed by atoms with Gasteiger partial charge >= 0.3 is 0 Å². The summed E-state index contributed by atoms with van der Waals surface area (Å²) in [6.07, 6.45) is 2.99. The highest BCUT2D eigenvalue weighted by molar-refractivity contribution is 5.60. The van der Waals surface area contributed by atoms with Crippen LogP contribution in [0.1, 0.15) is 0 Å². The molecule has 52 valence electrons. The Labute approximate surface area is 56.2 Å². The van der Waals surface area contributed by atoms with Gasteiger partial charge in [-0.2, -0.15) is 10.3 Å². The van der Waals surface area contributed by atoms with Crippen molar-refractivity contribution in [3.63, 3.8) is 0 Å². The van der Waals surface area contributed by atoms with E-state index in [1.807, 2.05) is 0 Å². The van der Waals surface area contributed by atoms with Crippen molar-refractivity contribution in [3.05, 3.63) is 6.33 Å². The number of tetrazole rings is 1. The van der Waals surface area contributed by atoms with Crippen molar-refractivity contribution < 1.29 is 0 Å². The minimum absolute atomic E-state index is 0.667. The first-order valence-electron chi connectivity index (χ1n) is 2.55. The molecule has 0 atom stereocenters. The maximum atomic E-state index is 3.49. The van der Waals surface area contributed by atoms with E-state index in [1.54, 1.807) is 6.21 Å². The fourth-order valence-corrected chi connectivity index (χ4v) is 0.312. The number of H-pyrrole nitrogens is 1. The molecule has 10 heavy (non-hydrogen) atoms. The average Bonchev–Trinajstić information content (AvgIpc) is 2.67. The lowest BCUT2D eigenvalue weighted by Gasteiger charge is -1.52. The predicted molar refractivity (Wildman–Crippen MR) is 32.4 cm³/mol. The molecule has 1 N–H and O–H groups in total. The number of aromatic amines is 1. The van der Waals surface area contributed by atoms with Crippen LogP contribution in [0.5, 0.6) is 0 Å². The highest BCUT2D eigenvalue weighted by Crippen LogP contribution is 1.80. The van der Waals surface area contributed by atoms with Crippen LogP contribution in [0, 0.1) is 0 Å². The van der Waals surface area contributed by atoms with Crippen molar-refractivity contribution in [3.8, 4) is 0 Å². The largest absolute Gasteiger partial charge is 0.177 e. The molecule has 1 aliphatic rings. The SMILES string of the molecule is C1=NN=NC1.c1nn[nH]n1. The summed E-state index contributed by atoms with van der Waals surface area (Å²) in [5.74, 6) is 0. The number of nitrogens with one attached hydrogen (secondary N) is 1. The van der Waals surface area contributed by atoms with Crippen molar-refractivity contribution in [2.24, 2.45) is 15.4 Å². The van der Waals surface area contributed by atoms with Crippen LogP contribution in [0.3, 0.4) is 0 Å². The molecule has 0 aromatic carbocycles. The Morgan fingerprint density at radius 2 is 2.40 bits per heavy atom. The summed E-state index contributed by atoms with van der Waals surface area (Å²) in [6.45, 7) is 0.667. The standard InChI is InChI=1S/C2H3N3.CH2N4/c2*1-2-4-5-3-1/h1H,2H2;1H,(H,2,3,4,5). The van der Waals surface area contributed by atoms with Crippen molar-refractivity contribution in [2.75, 3.05) is 6.54 Å². The Bertz CT molecular complexity index is 171. The summed E-state index contributed by atoms with van der Waals surface area (Å²) in [4.78, 5) is 0. The van der Waals surface area contributed by atoms with Gasteiger partial charge in [-0.3, -0.25) is 0 Å². The molecule has 0 radical (unpaired) electrons. The van der Waals surface area contributed by atoms with Crippen LogP contribution in [-0.2, 0) is 0 Å². The van der Waals surface area contributed by atoms with Gasteiger partial charge in [0.1, 0.15) is 0 Å². The first-order chi connectivity index (χ1) is 5.00. The van der Waals surface area contributed by atoms with Gasteiger partial charge in [0.25, 0.3) is 0 Å². The quantitative estimate of drug-likeness (QED) is 0.531. The summed E-state index contributed by atoms with van der Waals surface area (Å²) in [5, 5.41) is 22.3. The van der Waals surface area contributed by atoms with E-state index in [2.05, 4.69) is 36.1 Å². The second-order valence-electron chi connectivity index (χ2n) is 1.27. The summed E-state index contributed by atoms with van der Waals surface area (Å²) in [6, 6.07) is 0. The van der Waals surface area contributed by atoms with E-state index in [-0.39, 0.29) is 0 Å². The zero-order valence-corrected chi connectivity index (χ0v) is 5.05. The maximum absolute atomic E-state index is 3.49. The fraction of sp³-hybridized carbons (Fsp3) is 0.333. The number of nitrogens with zero attached hydrogens (tertiary/aromatic N) is 6. The third-order valence-corrected chi connectivity index (χ3v) is 0.629. The van der Waals surface area contributed by atoms with Gasteiger partial charge in [0.15, 0.2) is 6.33 Å². The Kier molecular flexibility index (Phi) is 2.74. The molecule has 7 nitrogen and oxygen atoms in total. The maximum Gasteiger partial charge on any atom is 0.161 e. The van der Waals surface area contributed by atoms with E-state index in [1.165, 1.54) is 6.33 Å². The van der Waals surface area contributed by atoms with Crippen LogP contribution < -0.4 is 0 Å². The molecule has 7 heteroatoms. The Balaban J connectivity index is 0.0000001000. The fourth-order valence-electron chi connectivity index (χ4n) is 0.312. The number of aromatic nitrogens is 4. The number of rotatable bonds is 0. The van der Waals surface area contributed by atoms with Gasteiger partial charge in [-0.05, 0) is 5.22 Å². The zero-order valence-electron chi connectivity index (χ0n) is 5.05. The van der Waals surface area contributed by atoms with Gasteiger partial charge in [0, 0.05) is 0 Å². The first kappa shape index (κ1) is 6.46. The van der Waals surface area contributed by atoms with Crippen LogP contribution in [0.15, 0.2) is 21.8 Å². The molecule has 2 heterocycles. The summed E-state index contributed by atoms with van der Waals surface area (Å²) < 4.78 is 0. The van der Waals surface area contributed by atoms with E-state index in [4.69, 9.17) is 0 Å². The second kappa shape index (κ2) is 4.24. The monoisotopic (exact) mass is 139 g/mol. The highest BCUT2D eigenvalue weighted by Gasteiger charge is 1.75. The molecule has 0 bridgehead atoms. The third-order valence-electron chi connectivity index (χ3n) is 0.629. The Morgan fingerprint density at radius 3 is 2.60 bits per heavy atom. The molecular weight excluding hydrogens is 134 g/mol. The lowest BCUT2D eigenvalue weighted by atomic mass is 10.8. The van der Waals surface area contributed by atoms with E-state index in [9.17, 15) is 0 Å². The van der Waals surface area contributed by atoms with E-state index < -0.39 is 0 Å². The van der Waals surface area contributed by atoms with Gasteiger partial charge in [-0.1, -0.05) is 5.21 Å². The minimum atomic E-state index is 0.667. The summed E-state index contributed by atoms with van der Waals surface area (Å²) in [7, 11) is 0. The molecule has 1 aromatic rings. The minimum Gasteiger partial charge on any atom is -0.177 e. The van der Waals surface area contributed by atoms with E-state index >= 15 is 0 Å². The Hall–Kier alpha value is -1.66. The van der Waals surface area contributed by atoms with Crippen molar-refractivity contribution in [1.29, 1.82) is 0 Å². The van der Waals surface area contributed by atoms with Crippen molar-refractivity contribution in [1.82, 2.24) is 20.6 Å². The molecule has 1 aliphatic heterocycles. The molecule has 0 amide bonds. The molecule has 0 saturated carbocycles. The first-order valence-corrected chi connectivity index (χ1v) is 2.55. The molecule has 1 aromatic heterocycles. The van der Waals surface area contributed by atoms with E-state index in [0.29, 0.717) is 6.54 Å². The molecular formula is C3H5N7.